The van der Waals surface area contributed by atoms with Crippen LogP contribution in [0.4, 0.5) is 0 Å². The van der Waals surface area contributed by atoms with Gasteiger partial charge >= 0.3 is 0 Å². The molecule has 0 fully saturated rings. The van der Waals surface area contributed by atoms with E-state index in [1.807, 2.05) is 25.7 Å². The Morgan fingerprint density at radius 3 is 2.76 bits per heavy atom. The molecule has 0 aliphatic rings. The average Bonchev–Trinajstić information content (AvgIpc) is 3.10. The van der Waals surface area contributed by atoms with Crippen molar-refractivity contribution in [1.29, 1.82) is 0 Å². The third-order valence-corrected chi connectivity index (χ3v) is 4.49. The van der Waals surface area contributed by atoms with Crippen LogP contribution in [0.15, 0.2) is 23.3 Å². The van der Waals surface area contributed by atoms with Crippen LogP contribution in [-0.2, 0) is 31.4 Å². The maximum atomic E-state index is 5.15. The Morgan fingerprint density at radius 2 is 2.16 bits per heavy atom. The van der Waals surface area contributed by atoms with Gasteiger partial charge in [0.05, 0.1) is 25.4 Å². The lowest BCUT2D eigenvalue weighted by molar-refractivity contribution is 0.182. The molecule has 0 saturated heterocycles. The van der Waals surface area contributed by atoms with Crippen molar-refractivity contribution in [3.05, 3.63) is 41.0 Å². The molecule has 25 heavy (non-hydrogen) atoms. The summed E-state index contributed by atoms with van der Waals surface area (Å²) in [6.07, 6.45) is 2.06. The molecule has 2 rings (SSSR count). The van der Waals surface area contributed by atoms with Crippen molar-refractivity contribution in [3.8, 4) is 0 Å². The Morgan fingerprint density at radius 1 is 1.40 bits per heavy atom. The Hall–Kier alpha value is -2.28. The van der Waals surface area contributed by atoms with E-state index in [2.05, 4.69) is 57.2 Å². The molecule has 0 saturated carbocycles. The molecule has 7 heteroatoms. The first kappa shape index (κ1) is 19.1. The summed E-state index contributed by atoms with van der Waals surface area (Å²) < 4.78 is 9.28. The van der Waals surface area contributed by atoms with Crippen LogP contribution < -0.4 is 5.32 Å². The lowest BCUT2D eigenvalue weighted by Gasteiger charge is -2.22. The van der Waals surface area contributed by atoms with E-state index in [-0.39, 0.29) is 0 Å². The van der Waals surface area contributed by atoms with Crippen LogP contribution in [0.3, 0.4) is 0 Å². The van der Waals surface area contributed by atoms with Gasteiger partial charge in [-0.25, -0.2) is 0 Å². The van der Waals surface area contributed by atoms with Crippen molar-refractivity contribution in [2.24, 2.45) is 12.0 Å². The number of nitrogens with one attached hydrogen (secondary N) is 1. The molecule has 0 bridgehead atoms. The number of aliphatic imine (C=N–C) groups is 1. The van der Waals surface area contributed by atoms with Crippen LogP contribution in [0.5, 0.6) is 0 Å². The molecule has 0 radical (unpaired) electrons. The van der Waals surface area contributed by atoms with Gasteiger partial charge in [-0.05, 0) is 26.0 Å². The minimum atomic E-state index is 0.663. The quantitative estimate of drug-likeness (QED) is 0.612. The van der Waals surface area contributed by atoms with Crippen molar-refractivity contribution in [2.75, 3.05) is 27.8 Å². The predicted molar refractivity (Wildman–Crippen MR) is 101 cm³/mol. The molecule has 2 heterocycles. The monoisotopic (exact) mass is 346 g/mol. The summed E-state index contributed by atoms with van der Waals surface area (Å²) in [5.41, 5.74) is 4.67. The minimum Gasteiger partial charge on any atom is -0.383 e. The van der Waals surface area contributed by atoms with Crippen LogP contribution in [0.25, 0.3) is 0 Å². The minimum absolute atomic E-state index is 0.663. The fraction of sp³-hybridized carbons (Fsp3) is 0.556. The van der Waals surface area contributed by atoms with Gasteiger partial charge < -0.3 is 19.5 Å². The number of hydrogen-bond donors (Lipinski definition) is 1. The largest absolute Gasteiger partial charge is 0.383 e. The highest BCUT2D eigenvalue weighted by molar-refractivity contribution is 5.79. The summed E-state index contributed by atoms with van der Waals surface area (Å²) in [5.74, 6) is 0.865. The summed E-state index contributed by atoms with van der Waals surface area (Å²) in [6, 6.07) is 4.18. The molecule has 138 valence electrons. The molecule has 2 aromatic heterocycles. The zero-order chi connectivity index (χ0) is 18.4. The fourth-order valence-electron chi connectivity index (χ4n) is 2.92. The van der Waals surface area contributed by atoms with E-state index in [1.54, 1.807) is 7.11 Å². The summed E-state index contributed by atoms with van der Waals surface area (Å²) in [4.78, 5) is 6.52. The van der Waals surface area contributed by atoms with Gasteiger partial charge in [-0.15, -0.1) is 0 Å². The van der Waals surface area contributed by atoms with Crippen LogP contribution in [0.2, 0.25) is 0 Å². The number of ether oxygens (including phenoxy) is 1. The van der Waals surface area contributed by atoms with Crippen molar-refractivity contribution >= 4 is 5.96 Å². The third-order valence-electron chi connectivity index (χ3n) is 4.49. The van der Waals surface area contributed by atoms with Crippen molar-refractivity contribution in [3.63, 3.8) is 0 Å². The maximum Gasteiger partial charge on any atom is 0.194 e. The molecule has 0 aliphatic heterocycles. The van der Waals surface area contributed by atoms with Gasteiger partial charge in [0.25, 0.3) is 0 Å². The highest BCUT2D eigenvalue weighted by atomic mass is 16.5. The summed E-state index contributed by atoms with van der Waals surface area (Å²) in [7, 11) is 7.62. The molecular weight excluding hydrogens is 316 g/mol. The first-order valence-corrected chi connectivity index (χ1v) is 8.51. The second-order valence-electron chi connectivity index (χ2n) is 6.23. The van der Waals surface area contributed by atoms with Gasteiger partial charge in [-0.1, -0.05) is 0 Å². The van der Waals surface area contributed by atoms with E-state index in [0.717, 1.165) is 24.7 Å². The number of methoxy groups -OCH3 is 1. The third kappa shape index (κ3) is 4.63. The molecule has 1 N–H and O–H groups in total. The molecule has 0 aromatic carbocycles. The van der Waals surface area contributed by atoms with Gasteiger partial charge in [0, 0.05) is 57.9 Å². The molecule has 2 aromatic rings. The van der Waals surface area contributed by atoms with E-state index in [4.69, 9.17) is 4.74 Å². The summed E-state index contributed by atoms with van der Waals surface area (Å²) in [6.45, 7) is 7.08. The van der Waals surface area contributed by atoms with Gasteiger partial charge in [-0.2, -0.15) is 5.10 Å². The summed E-state index contributed by atoms with van der Waals surface area (Å²) in [5, 5.41) is 8.06. The number of nitrogens with zero attached hydrogens (tertiary/aromatic N) is 5. The van der Waals surface area contributed by atoms with Gasteiger partial charge in [0.15, 0.2) is 5.96 Å². The smallest absolute Gasteiger partial charge is 0.194 e. The fourth-order valence-corrected chi connectivity index (χ4v) is 2.92. The maximum absolute atomic E-state index is 5.15. The van der Waals surface area contributed by atoms with Crippen LogP contribution in [-0.4, -0.2) is 53.0 Å². The zero-order valence-corrected chi connectivity index (χ0v) is 16.2. The molecule has 0 amide bonds. The number of rotatable bonds is 7. The normalized spacial score (nSPS) is 11.8. The first-order chi connectivity index (χ1) is 12.0. The Bertz CT molecular complexity index is 715. The topological polar surface area (TPSA) is 59.6 Å². The summed E-state index contributed by atoms with van der Waals surface area (Å²) >= 11 is 0. The molecule has 0 spiro atoms. The molecule has 0 aliphatic carbocycles. The van der Waals surface area contributed by atoms with Crippen LogP contribution >= 0.6 is 0 Å². The molecular formula is C18H30N6O. The van der Waals surface area contributed by atoms with E-state index >= 15 is 0 Å². The molecule has 0 atom stereocenters. The second-order valence-corrected chi connectivity index (χ2v) is 6.23. The van der Waals surface area contributed by atoms with Gasteiger partial charge in [0.2, 0.25) is 0 Å². The van der Waals surface area contributed by atoms with Crippen LogP contribution in [0, 0.1) is 13.8 Å². The highest BCUT2D eigenvalue weighted by Gasteiger charge is 2.13. The lowest BCUT2D eigenvalue weighted by Crippen LogP contribution is -2.38. The van der Waals surface area contributed by atoms with Crippen molar-refractivity contribution in [1.82, 2.24) is 24.6 Å². The Kier molecular flexibility index (Phi) is 6.64. The SMILES string of the molecule is CN=C(NCc1c(C)nn(CCOC)c1C)N(C)Cc1cccn1C. The lowest BCUT2D eigenvalue weighted by atomic mass is 10.2. The number of guanidine groups is 1. The molecule has 0 unspecified atom stereocenters. The molecule has 7 nitrogen and oxygen atoms in total. The highest BCUT2D eigenvalue weighted by Crippen LogP contribution is 2.13. The van der Waals surface area contributed by atoms with Crippen LogP contribution in [0.1, 0.15) is 22.6 Å². The Balaban J connectivity index is 2.01. The number of hydrogen-bond acceptors (Lipinski definition) is 3. The average molecular weight is 346 g/mol. The van der Waals surface area contributed by atoms with E-state index in [9.17, 15) is 0 Å². The first-order valence-electron chi connectivity index (χ1n) is 8.51. The van der Waals surface area contributed by atoms with E-state index < -0.39 is 0 Å². The van der Waals surface area contributed by atoms with E-state index in [0.29, 0.717) is 13.2 Å². The second kappa shape index (κ2) is 8.71. The number of aromatic nitrogens is 3. The van der Waals surface area contributed by atoms with E-state index in [1.165, 1.54) is 17.0 Å². The zero-order valence-electron chi connectivity index (χ0n) is 16.2. The predicted octanol–water partition coefficient (Wildman–Crippen LogP) is 1.69. The number of aryl methyl sites for hydroxylation is 2. The van der Waals surface area contributed by atoms with Gasteiger partial charge in [-0.3, -0.25) is 9.67 Å². The van der Waals surface area contributed by atoms with Gasteiger partial charge in [0.1, 0.15) is 0 Å². The van der Waals surface area contributed by atoms with Crippen molar-refractivity contribution < 1.29 is 4.74 Å². The Labute approximate surface area is 150 Å². The standard InChI is InChI=1S/C18H30N6O/c1-14-17(15(2)24(21-14)10-11-25-6)12-20-18(19-3)23(5)13-16-8-7-9-22(16)4/h7-9H,10-13H2,1-6H3,(H,19,20). The van der Waals surface area contributed by atoms with Crippen molar-refractivity contribution in [2.45, 2.75) is 33.5 Å².